The second-order valence-corrected chi connectivity index (χ2v) is 5.18. The van der Waals surface area contributed by atoms with E-state index in [-0.39, 0.29) is 5.91 Å². The average molecular weight is 308 g/mol. The number of rotatable bonds is 4. The summed E-state index contributed by atoms with van der Waals surface area (Å²) in [6.45, 7) is 4.10. The summed E-state index contributed by atoms with van der Waals surface area (Å²) in [4.78, 5) is 12.0. The van der Waals surface area contributed by atoms with Crippen LogP contribution in [-0.4, -0.2) is 22.3 Å². The largest absolute Gasteiger partial charge is 0.463 e. The number of benzene rings is 1. The standard InChI is InChI=1S/C17H16N4O2/c1-11-5-6-13(8-12(11)2)15-9-16(20-19-15)17(22)21-18-10-14-4-3-7-23-14/h3-10H,1-2H3,(H,19,20)(H,21,22)/b18-10-. The summed E-state index contributed by atoms with van der Waals surface area (Å²) in [7, 11) is 0. The molecule has 6 nitrogen and oxygen atoms in total. The molecular weight excluding hydrogens is 292 g/mol. The molecule has 116 valence electrons. The Morgan fingerprint density at radius 2 is 2.13 bits per heavy atom. The summed E-state index contributed by atoms with van der Waals surface area (Å²) in [5.41, 5.74) is 6.84. The summed E-state index contributed by atoms with van der Waals surface area (Å²) in [5, 5.41) is 10.7. The molecule has 0 bridgehead atoms. The van der Waals surface area contributed by atoms with Crippen LogP contribution in [0.5, 0.6) is 0 Å². The molecular formula is C17H16N4O2. The minimum atomic E-state index is -0.365. The maximum Gasteiger partial charge on any atom is 0.289 e. The van der Waals surface area contributed by atoms with Gasteiger partial charge in [-0.25, -0.2) is 5.43 Å². The van der Waals surface area contributed by atoms with Gasteiger partial charge in [0, 0.05) is 5.56 Å². The number of furan rings is 1. The third-order valence-corrected chi connectivity index (χ3v) is 3.53. The highest BCUT2D eigenvalue weighted by Crippen LogP contribution is 2.20. The van der Waals surface area contributed by atoms with Crippen molar-refractivity contribution in [2.75, 3.05) is 0 Å². The highest BCUT2D eigenvalue weighted by molar-refractivity contribution is 5.93. The van der Waals surface area contributed by atoms with Gasteiger partial charge >= 0.3 is 0 Å². The molecule has 2 heterocycles. The quantitative estimate of drug-likeness (QED) is 0.574. The van der Waals surface area contributed by atoms with Crippen molar-refractivity contribution in [3.63, 3.8) is 0 Å². The second-order valence-electron chi connectivity index (χ2n) is 5.18. The average Bonchev–Trinajstić information content (AvgIpc) is 3.21. The number of hydrogen-bond acceptors (Lipinski definition) is 4. The zero-order valence-corrected chi connectivity index (χ0v) is 12.8. The van der Waals surface area contributed by atoms with Gasteiger partial charge in [0.1, 0.15) is 11.5 Å². The predicted octanol–water partition coefficient (Wildman–Crippen LogP) is 3.05. The van der Waals surface area contributed by atoms with Crippen molar-refractivity contribution < 1.29 is 9.21 Å². The molecule has 6 heteroatoms. The molecule has 23 heavy (non-hydrogen) atoms. The zero-order valence-electron chi connectivity index (χ0n) is 12.8. The second kappa shape index (κ2) is 6.31. The van der Waals surface area contributed by atoms with E-state index >= 15 is 0 Å². The number of hydrazone groups is 1. The maximum absolute atomic E-state index is 12.0. The molecule has 2 N–H and O–H groups in total. The van der Waals surface area contributed by atoms with Crippen LogP contribution < -0.4 is 5.43 Å². The third kappa shape index (κ3) is 3.37. The van der Waals surface area contributed by atoms with Gasteiger partial charge in [-0.1, -0.05) is 12.1 Å². The van der Waals surface area contributed by atoms with Crippen LogP contribution in [0, 0.1) is 13.8 Å². The third-order valence-electron chi connectivity index (χ3n) is 3.53. The number of aromatic amines is 1. The summed E-state index contributed by atoms with van der Waals surface area (Å²) >= 11 is 0. The van der Waals surface area contributed by atoms with Crippen LogP contribution >= 0.6 is 0 Å². The Morgan fingerprint density at radius 1 is 1.26 bits per heavy atom. The zero-order chi connectivity index (χ0) is 16.2. The summed E-state index contributed by atoms with van der Waals surface area (Å²) in [6.07, 6.45) is 2.96. The first kappa shape index (κ1) is 14.8. The van der Waals surface area contributed by atoms with E-state index in [2.05, 4.69) is 27.6 Å². The number of nitrogens with zero attached hydrogens (tertiary/aromatic N) is 2. The Balaban J connectivity index is 1.70. The van der Waals surface area contributed by atoms with E-state index in [0.717, 1.165) is 5.56 Å². The molecule has 0 aliphatic rings. The van der Waals surface area contributed by atoms with E-state index in [4.69, 9.17) is 4.42 Å². The summed E-state index contributed by atoms with van der Waals surface area (Å²) in [6, 6.07) is 11.2. The number of aryl methyl sites for hydroxylation is 2. The highest BCUT2D eigenvalue weighted by Gasteiger charge is 2.10. The molecule has 0 spiro atoms. The van der Waals surface area contributed by atoms with Crippen LogP contribution in [0.2, 0.25) is 0 Å². The van der Waals surface area contributed by atoms with E-state index in [1.54, 1.807) is 18.2 Å². The van der Waals surface area contributed by atoms with E-state index in [1.807, 2.05) is 25.1 Å². The predicted molar refractivity (Wildman–Crippen MR) is 87.3 cm³/mol. The van der Waals surface area contributed by atoms with Crippen LogP contribution in [0.1, 0.15) is 27.4 Å². The van der Waals surface area contributed by atoms with Gasteiger partial charge in [-0.2, -0.15) is 10.2 Å². The van der Waals surface area contributed by atoms with E-state index in [0.29, 0.717) is 17.1 Å². The van der Waals surface area contributed by atoms with Crippen molar-refractivity contribution in [2.24, 2.45) is 5.10 Å². The molecule has 1 amide bonds. The molecule has 1 aromatic carbocycles. The fourth-order valence-electron chi connectivity index (χ4n) is 2.07. The van der Waals surface area contributed by atoms with E-state index in [1.165, 1.54) is 23.6 Å². The van der Waals surface area contributed by atoms with Gasteiger partial charge in [0.2, 0.25) is 0 Å². The number of carbonyl (C=O) groups excluding carboxylic acids is 1. The minimum absolute atomic E-state index is 0.342. The molecule has 0 radical (unpaired) electrons. The minimum Gasteiger partial charge on any atom is -0.463 e. The van der Waals surface area contributed by atoms with Crippen LogP contribution in [0.15, 0.2) is 52.2 Å². The molecule has 0 saturated carbocycles. The van der Waals surface area contributed by atoms with Crippen molar-refractivity contribution in [3.05, 3.63) is 65.2 Å². The normalized spacial score (nSPS) is 11.0. The topological polar surface area (TPSA) is 83.3 Å². The lowest BCUT2D eigenvalue weighted by Gasteiger charge is -2.01. The first-order chi connectivity index (χ1) is 11.1. The first-order valence-corrected chi connectivity index (χ1v) is 7.13. The van der Waals surface area contributed by atoms with Gasteiger partial charge in [0.05, 0.1) is 18.2 Å². The van der Waals surface area contributed by atoms with Crippen molar-refractivity contribution in [1.82, 2.24) is 15.6 Å². The smallest absolute Gasteiger partial charge is 0.289 e. The van der Waals surface area contributed by atoms with Crippen molar-refractivity contribution in [3.8, 4) is 11.3 Å². The molecule has 0 unspecified atom stereocenters. The Kier molecular flexibility index (Phi) is 4.05. The van der Waals surface area contributed by atoms with Gasteiger partial charge in [-0.3, -0.25) is 9.89 Å². The van der Waals surface area contributed by atoms with Gasteiger partial charge in [-0.15, -0.1) is 0 Å². The van der Waals surface area contributed by atoms with E-state index < -0.39 is 0 Å². The van der Waals surface area contributed by atoms with Gasteiger partial charge in [0.25, 0.3) is 5.91 Å². The fourth-order valence-corrected chi connectivity index (χ4v) is 2.07. The molecule has 3 aromatic rings. The van der Waals surface area contributed by atoms with Crippen molar-refractivity contribution in [1.29, 1.82) is 0 Å². The number of aromatic nitrogens is 2. The van der Waals surface area contributed by atoms with Crippen LogP contribution in [-0.2, 0) is 0 Å². The van der Waals surface area contributed by atoms with Crippen LogP contribution in [0.4, 0.5) is 0 Å². The van der Waals surface area contributed by atoms with Crippen molar-refractivity contribution >= 4 is 12.1 Å². The Morgan fingerprint density at radius 3 is 2.87 bits per heavy atom. The first-order valence-electron chi connectivity index (χ1n) is 7.13. The number of H-pyrrole nitrogens is 1. The molecule has 0 atom stereocenters. The number of carbonyl (C=O) groups is 1. The highest BCUT2D eigenvalue weighted by atomic mass is 16.3. The number of amides is 1. The van der Waals surface area contributed by atoms with Crippen molar-refractivity contribution in [2.45, 2.75) is 13.8 Å². The number of hydrogen-bond donors (Lipinski definition) is 2. The Hall–Kier alpha value is -3.15. The lowest BCUT2D eigenvalue weighted by Crippen LogP contribution is -2.17. The molecule has 2 aromatic heterocycles. The Bertz CT molecular complexity index is 847. The fraction of sp³-hybridized carbons (Fsp3) is 0.118. The summed E-state index contributed by atoms with van der Waals surface area (Å²) < 4.78 is 5.08. The maximum atomic E-state index is 12.0. The van der Waals surface area contributed by atoms with Gasteiger partial charge in [-0.05, 0) is 49.2 Å². The molecule has 0 aliphatic heterocycles. The van der Waals surface area contributed by atoms with Crippen LogP contribution in [0.25, 0.3) is 11.3 Å². The molecule has 3 rings (SSSR count). The summed E-state index contributed by atoms with van der Waals surface area (Å²) in [5.74, 6) is 0.195. The lowest BCUT2D eigenvalue weighted by molar-refractivity contribution is 0.0950. The van der Waals surface area contributed by atoms with Gasteiger partial charge < -0.3 is 4.42 Å². The molecule has 0 saturated heterocycles. The van der Waals surface area contributed by atoms with Gasteiger partial charge in [0.15, 0.2) is 0 Å². The molecule has 0 fully saturated rings. The lowest BCUT2D eigenvalue weighted by atomic mass is 10.0. The monoisotopic (exact) mass is 308 g/mol. The van der Waals surface area contributed by atoms with E-state index in [9.17, 15) is 4.79 Å². The number of nitrogens with one attached hydrogen (secondary N) is 2. The SMILES string of the molecule is Cc1ccc(-c2cc(C(=O)N/N=C\c3ccco3)[nH]n2)cc1C. The Labute approximate surface area is 133 Å². The van der Waals surface area contributed by atoms with Crippen LogP contribution in [0.3, 0.4) is 0 Å². The molecule has 0 aliphatic carbocycles.